The third-order valence-electron chi connectivity index (χ3n) is 5.33. The van der Waals surface area contributed by atoms with Gasteiger partial charge < -0.3 is 10.5 Å². The minimum absolute atomic E-state index is 0.241. The fraction of sp³-hybridized carbons (Fsp3) is 0.208. The molecule has 0 radical (unpaired) electrons. The summed E-state index contributed by atoms with van der Waals surface area (Å²) in [6.45, 7) is 2.17. The first-order chi connectivity index (χ1) is 16.6. The van der Waals surface area contributed by atoms with Gasteiger partial charge in [-0.3, -0.25) is 9.36 Å². The molecule has 182 valence electrons. The third-order valence-corrected chi connectivity index (χ3v) is 7.00. The number of carbonyl (C=O) groups excluding carboxylic acids is 1. The topological polar surface area (TPSA) is 83.0 Å². The Morgan fingerprint density at radius 3 is 2.46 bits per heavy atom. The normalized spacial score (nSPS) is 13.5. The van der Waals surface area contributed by atoms with Gasteiger partial charge in [0.2, 0.25) is 5.91 Å². The van der Waals surface area contributed by atoms with E-state index in [1.165, 1.54) is 36.0 Å². The average Bonchev–Trinajstić information content (AvgIpc) is 3.14. The number of nitrogens with zero attached hydrogens (tertiary/aromatic N) is 3. The maximum Gasteiger partial charge on any atom is 0.573 e. The first-order valence-electron chi connectivity index (χ1n) is 10.5. The Hall–Kier alpha value is -3.24. The van der Waals surface area contributed by atoms with Gasteiger partial charge >= 0.3 is 6.36 Å². The molecule has 2 atom stereocenters. The molecular weight excluding hydrogens is 501 g/mol. The van der Waals surface area contributed by atoms with Crippen molar-refractivity contribution >= 4 is 40.4 Å². The van der Waals surface area contributed by atoms with E-state index in [1.54, 1.807) is 30.5 Å². The Morgan fingerprint density at radius 1 is 1.14 bits per heavy atom. The van der Waals surface area contributed by atoms with Crippen LogP contribution in [0.5, 0.6) is 5.75 Å². The molecule has 0 fully saturated rings. The van der Waals surface area contributed by atoms with Crippen molar-refractivity contribution in [3.63, 3.8) is 0 Å². The summed E-state index contributed by atoms with van der Waals surface area (Å²) in [5.41, 5.74) is 8.57. The predicted molar refractivity (Wildman–Crippen MR) is 128 cm³/mol. The van der Waals surface area contributed by atoms with E-state index in [0.29, 0.717) is 26.9 Å². The van der Waals surface area contributed by atoms with Crippen LogP contribution in [0.2, 0.25) is 5.02 Å². The number of hydrogen-bond donors (Lipinski definition) is 1. The lowest BCUT2D eigenvalue weighted by atomic mass is 9.97. The van der Waals surface area contributed by atoms with Crippen LogP contribution >= 0.6 is 23.4 Å². The second-order valence-corrected chi connectivity index (χ2v) is 9.34. The van der Waals surface area contributed by atoms with Crippen molar-refractivity contribution in [1.29, 1.82) is 0 Å². The SMILES string of the molecule is C[C@@H](c1ccc(Cl)cc1)C(Sc1nc2cccnc2n1Cc1ccc(OC(F)(F)F)cc1)C(N)=O. The van der Waals surface area contributed by atoms with Gasteiger partial charge in [0.1, 0.15) is 11.3 Å². The van der Waals surface area contributed by atoms with E-state index in [9.17, 15) is 18.0 Å². The van der Waals surface area contributed by atoms with E-state index in [1.807, 2.05) is 23.6 Å². The van der Waals surface area contributed by atoms with Crippen LogP contribution in [0.3, 0.4) is 0 Å². The number of halogens is 4. The van der Waals surface area contributed by atoms with Crippen LogP contribution in [-0.2, 0) is 11.3 Å². The molecule has 2 aromatic carbocycles. The highest BCUT2D eigenvalue weighted by Gasteiger charge is 2.31. The number of aromatic nitrogens is 3. The van der Waals surface area contributed by atoms with Crippen LogP contribution in [0.1, 0.15) is 24.0 Å². The lowest BCUT2D eigenvalue weighted by Gasteiger charge is -2.21. The van der Waals surface area contributed by atoms with Crippen molar-refractivity contribution in [1.82, 2.24) is 14.5 Å². The molecule has 2 heterocycles. The summed E-state index contributed by atoms with van der Waals surface area (Å²) in [5.74, 6) is -1.05. The summed E-state index contributed by atoms with van der Waals surface area (Å²) < 4.78 is 43.2. The van der Waals surface area contributed by atoms with Gasteiger partial charge in [-0.25, -0.2) is 9.97 Å². The van der Waals surface area contributed by atoms with Crippen molar-refractivity contribution in [2.45, 2.75) is 36.2 Å². The van der Waals surface area contributed by atoms with Crippen LogP contribution in [0.4, 0.5) is 13.2 Å². The lowest BCUT2D eigenvalue weighted by molar-refractivity contribution is -0.274. The van der Waals surface area contributed by atoms with Gasteiger partial charge in [-0.05, 0) is 47.5 Å². The van der Waals surface area contributed by atoms with Crippen LogP contribution in [0, 0.1) is 0 Å². The molecule has 0 saturated heterocycles. The summed E-state index contributed by atoms with van der Waals surface area (Å²) in [6, 6.07) is 16.3. The molecule has 4 rings (SSSR count). The van der Waals surface area contributed by atoms with Gasteiger partial charge in [0.15, 0.2) is 10.8 Å². The Bertz CT molecular complexity index is 1330. The van der Waals surface area contributed by atoms with Crippen molar-refractivity contribution in [3.05, 3.63) is 83.0 Å². The van der Waals surface area contributed by atoms with Crippen LogP contribution in [0.25, 0.3) is 11.2 Å². The zero-order chi connectivity index (χ0) is 25.2. The Labute approximate surface area is 208 Å². The highest BCUT2D eigenvalue weighted by Crippen LogP contribution is 2.35. The minimum Gasteiger partial charge on any atom is -0.406 e. The molecule has 0 saturated carbocycles. The second-order valence-electron chi connectivity index (χ2n) is 7.80. The van der Waals surface area contributed by atoms with Gasteiger partial charge in [-0.2, -0.15) is 0 Å². The number of benzene rings is 2. The van der Waals surface area contributed by atoms with Crippen LogP contribution in [-0.4, -0.2) is 32.1 Å². The molecule has 11 heteroatoms. The minimum atomic E-state index is -4.76. The van der Waals surface area contributed by atoms with E-state index in [0.717, 1.165) is 5.56 Å². The number of nitrogens with two attached hydrogens (primary N) is 1. The number of amides is 1. The monoisotopic (exact) mass is 520 g/mol. The summed E-state index contributed by atoms with van der Waals surface area (Å²) in [7, 11) is 0. The van der Waals surface area contributed by atoms with Gasteiger partial charge in [0, 0.05) is 17.1 Å². The number of thioether (sulfide) groups is 1. The van der Waals surface area contributed by atoms with Gasteiger partial charge in [0.05, 0.1) is 11.8 Å². The fourth-order valence-corrected chi connectivity index (χ4v) is 4.87. The molecular formula is C24H20ClF3N4O2S. The van der Waals surface area contributed by atoms with Crippen molar-refractivity contribution in [2.24, 2.45) is 5.73 Å². The zero-order valence-electron chi connectivity index (χ0n) is 18.4. The smallest absolute Gasteiger partial charge is 0.406 e. The first kappa shape index (κ1) is 24.9. The lowest BCUT2D eigenvalue weighted by Crippen LogP contribution is -2.30. The summed E-state index contributed by atoms with van der Waals surface area (Å²) in [5, 5.41) is 0.456. The Morgan fingerprint density at radius 2 is 1.83 bits per heavy atom. The van der Waals surface area contributed by atoms with Gasteiger partial charge in [0.25, 0.3) is 0 Å². The number of imidazole rings is 1. The second kappa shape index (κ2) is 10.2. The quantitative estimate of drug-likeness (QED) is 0.298. The zero-order valence-corrected chi connectivity index (χ0v) is 19.9. The highest BCUT2D eigenvalue weighted by molar-refractivity contribution is 8.00. The largest absolute Gasteiger partial charge is 0.573 e. The molecule has 0 bridgehead atoms. The number of ether oxygens (including phenoxy) is 1. The number of fused-ring (bicyclic) bond motifs is 1. The molecule has 2 N–H and O–H groups in total. The molecule has 0 aliphatic heterocycles. The molecule has 35 heavy (non-hydrogen) atoms. The number of pyridine rings is 1. The van der Waals surface area contributed by atoms with Crippen molar-refractivity contribution in [2.75, 3.05) is 0 Å². The maximum absolute atomic E-state index is 12.5. The van der Waals surface area contributed by atoms with Gasteiger partial charge in [-0.15, -0.1) is 13.2 Å². The Kier molecular flexibility index (Phi) is 7.23. The Balaban J connectivity index is 1.65. The van der Waals surface area contributed by atoms with Crippen LogP contribution < -0.4 is 10.5 Å². The molecule has 0 aliphatic carbocycles. The summed E-state index contributed by atoms with van der Waals surface area (Å²) in [6.07, 6.45) is -3.14. The average molecular weight is 521 g/mol. The molecule has 0 spiro atoms. The van der Waals surface area contributed by atoms with Gasteiger partial charge in [-0.1, -0.05) is 54.6 Å². The summed E-state index contributed by atoms with van der Waals surface area (Å²) in [4.78, 5) is 21.5. The van der Waals surface area contributed by atoms with Crippen molar-refractivity contribution < 1.29 is 22.7 Å². The fourth-order valence-electron chi connectivity index (χ4n) is 3.61. The van der Waals surface area contributed by atoms with Crippen molar-refractivity contribution in [3.8, 4) is 5.75 Å². The number of rotatable bonds is 8. The molecule has 1 amide bonds. The molecule has 4 aromatic rings. The van der Waals surface area contributed by atoms with E-state index in [2.05, 4.69) is 14.7 Å². The van der Waals surface area contributed by atoms with Crippen LogP contribution in [0.15, 0.2) is 72.0 Å². The predicted octanol–water partition coefficient (Wildman–Crippen LogP) is 5.78. The molecule has 1 unspecified atom stereocenters. The van der Waals surface area contributed by atoms with E-state index in [-0.39, 0.29) is 18.2 Å². The third kappa shape index (κ3) is 6.07. The number of primary amides is 1. The van der Waals surface area contributed by atoms with E-state index >= 15 is 0 Å². The number of carbonyl (C=O) groups is 1. The number of alkyl halides is 3. The number of hydrogen-bond acceptors (Lipinski definition) is 5. The molecule has 2 aromatic heterocycles. The molecule has 0 aliphatic rings. The van der Waals surface area contributed by atoms with E-state index < -0.39 is 17.5 Å². The maximum atomic E-state index is 12.5. The standard InChI is InChI=1S/C24H20ClF3N4O2S/c1-14(16-6-8-17(25)9-7-16)20(21(29)33)35-23-31-19-3-2-12-30-22(19)32(23)13-15-4-10-18(11-5-15)34-24(26,27)28/h2-12,14,20H,13H2,1H3,(H2,29,33)/t14-,20?/m0/s1. The van der Waals surface area contributed by atoms with E-state index in [4.69, 9.17) is 17.3 Å². The first-order valence-corrected chi connectivity index (χ1v) is 11.7. The molecule has 6 nitrogen and oxygen atoms in total. The highest BCUT2D eigenvalue weighted by atomic mass is 35.5. The summed E-state index contributed by atoms with van der Waals surface area (Å²) >= 11 is 7.21.